The van der Waals surface area contributed by atoms with E-state index in [1.54, 1.807) is 6.07 Å². The number of carboxylic acids is 1. The highest BCUT2D eigenvalue weighted by Crippen LogP contribution is 2.36. The average molecular weight is 305 g/mol. The molecule has 0 aliphatic heterocycles. The van der Waals surface area contributed by atoms with Crippen molar-refractivity contribution < 1.29 is 9.90 Å². The number of aliphatic carboxylic acids is 1. The van der Waals surface area contributed by atoms with E-state index in [4.69, 9.17) is 16.7 Å². The van der Waals surface area contributed by atoms with Crippen LogP contribution >= 0.6 is 27.5 Å². The average Bonchev–Trinajstić information content (AvgIpc) is 2.97. The number of carbonyl (C=O) groups is 1. The van der Waals surface area contributed by atoms with Gasteiger partial charge in [0.1, 0.15) is 5.54 Å². The Morgan fingerprint density at radius 2 is 2.25 bits per heavy atom. The van der Waals surface area contributed by atoms with Gasteiger partial charge in [0.2, 0.25) is 0 Å². The lowest BCUT2D eigenvalue weighted by Crippen LogP contribution is -2.38. The second kappa shape index (κ2) is 4.35. The number of nitrogens with one attached hydrogen (secondary N) is 1. The highest BCUT2D eigenvalue weighted by atomic mass is 79.9. The molecule has 0 spiro atoms. The normalized spacial score (nSPS) is 17.1. The van der Waals surface area contributed by atoms with E-state index in [2.05, 4.69) is 21.2 Å². The molecular formula is C11H11BrClNO2. The first-order valence-electron chi connectivity index (χ1n) is 4.96. The Labute approximate surface area is 107 Å². The summed E-state index contributed by atoms with van der Waals surface area (Å²) in [6.45, 7) is 0.485. The van der Waals surface area contributed by atoms with E-state index in [1.807, 2.05) is 12.1 Å². The third-order valence-corrected chi connectivity index (χ3v) is 3.64. The van der Waals surface area contributed by atoms with Crippen molar-refractivity contribution in [3.05, 3.63) is 33.3 Å². The quantitative estimate of drug-likeness (QED) is 0.899. The Hall–Kier alpha value is -0.580. The van der Waals surface area contributed by atoms with Gasteiger partial charge in [-0.3, -0.25) is 10.1 Å². The molecule has 1 saturated carbocycles. The van der Waals surface area contributed by atoms with Crippen molar-refractivity contribution in [2.45, 2.75) is 24.9 Å². The molecule has 1 aliphatic carbocycles. The predicted octanol–water partition coefficient (Wildman–Crippen LogP) is 2.81. The zero-order chi connectivity index (χ0) is 11.8. The number of rotatable bonds is 4. The molecule has 2 N–H and O–H groups in total. The minimum atomic E-state index is -0.777. The third kappa shape index (κ3) is 2.39. The van der Waals surface area contributed by atoms with E-state index in [0.29, 0.717) is 24.4 Å². The Bertz CT molecular complexity index is 432. The van der Waals surface area contributed by atoms with E-state index < -0.39 is 11.5 Å². The minimum Gasteiger partial charge on any atom is -0.480 e. The van der Waals surface area contributed by atoms with Gasteiger partial charge in [-0.15, -0.1) is 0 Å². The summed E-state index contributed by atoms with van der Waals surface area (Å²) in [6.07, 6.45) is 1.38. The number of hydrogen-bond acceptors (Lipinski definition) is 2. The highest BCUT2D eigenvalue weighted by molar-refractivity contribution is 9.10. The molecule has 0 bridgehead atoms. The van der Waals surface area contributed by atoms with Crippen LogP contribution in [0.15, 0.2) is 22.7 Å². The molecule has 1 aromatic rings. The summed E-state index contributed by atoms with van der Waals surface area (Å²) in [5.41, 5.74) is 0.202. The van der Waals surface area contributed by atoms with E-state index in [-0.39, 0.29) is 0 Å². The van der Waals surface area contributed by atoms with Crippen molar-refractivity contribution in [3.63, 3.8) is 0 Å². The van der Waals surface area contributed by atoms with Gasteiger partial charge in [0.25, 0.3) is 0 Å². The summed E-state index contributed by atoms with van der Waals surface area (Å²) in [7, 11) is 0. The largest absolute Gasteiger partial charge is 0.480 e. The smallest absolute Gasteiger partial charge is 0.323 e. The molecule has 0 saturated heterocycles. The maximum atomic E-state index is 10.9. The Balaban J connectivity index is 2.03. The number of halogens is 2. The van der Waals surface area contributed by atoms with Crippen molar-refractivity contribution >= 4 is 33.5 Å². The Morgan fingerprint density at radius 3 is 2.75 bits per heavy atom. The molecule has 1 aliphatic rings. The summed E-state index contributed by atoms with van der Waals surface area (Å²) in [6, 6.07) is 5.58. The highest BCUT2D eigenvalue weighted by Gasteiger charge is 2.49. The van der Waals surface area contributed by atoms with Gasteiger partial charge in [0.05, 0.1) is 0 Å². The number of carboxylic acid groups (broad SMARTS) is 1. The fourth-order valence-electron chi connectivity index (χ4n) is 1.52. The van der Waals surface area contributed by atoms with Crippen LogP contribution in [-0.2, 0) is 11.3 Å². The van der Waals surface area contributed by atoms with E-state index in [9.17, 15) is 4.79 Å². The molecule has 1 fully saturated rings. The molecule has 0 amide bonds. The second-order valence-electron chi connectivity index (χ2n) is 3.98. The van der Waals surface area contributed by atoms with Crippen LogP contribution in [0.5, 0.6) is 0 Å². The van der Waals surface area contributed by atoms with Gasteiger partial charge in [0, 0.05) is 16.0 Å². The van der Waals surface area contributed by atoms with Crippen molar-refractivity contribution in [3.8, 4) is 0 Å². The van der Waals surface area contributed by atoms with E-state index in [1.165, 1.54) is 0 Å². The molecule has 5 heteroatoms. The van der Waals surface area contributed by atoms with Crippen molar-refractivity contribution in [2.24, 2.45) is 0 Å². The van der Waals surface area contributed by atoms with Crippen LogP contribution in [-0.4, -0.2) is 16.6 Å². The molecule has 0 atom stereocenters. The van der Waals surface area contributed by atoms with Crippen LogP contribution < -0.4 is 5.32 Å². The first-order valence-corrected chi connectivity index (χ1v) is 6.13. The monoisotopic (exact) mass is 303 g/mol. The number of hydrogen-bond donors (Lipinski definition) is 2. The third-order valence-electron chi connectivity index (χ3n) is 2.79. The first-order chi connectivity index (χ1) is 7.53. The fourth-order valence-corrected chi connectivity index (χ4v) is 2.26. The summed E-state index contributed by atoms with van der Waals surface area (Å²) in [5, 5.41) is 12.7. The van der Waals surface area contributed by atoms with Crippen LogP contribution in [0.25, 0.3) is 0 Å². The SMILES string of the molecule is O=C(O)C1(NCc2ccc(Br)cc2Cl)CC1. The molecule has 0 aromatic heterocycles. The van der Waals surface area contributed by atoms with Crippen LogP contribution in [0.3, 0.4) is 0 Å². The lowest BCUT2D eigenvalue weighted by atomic mass is 10.2. The zero-order valence-corrected chi connectivity index (χ0v) is 10.8. The topological polar surface area (TPSA) is 49.3 Å². The lowest BCUT2D eigenvalue weighted by Gasteiger charge is -2.13. The summed E-state index contributed by atoms with van der Waals surface area (Å²) < 4.78 is 0.917. The van der Waals surface area contributed by atoms with Gasteiger partial charge in [-0.2, -0.15) is 0 Å². The van der Waals surface area contributed by atoms with Gasteiger partial charge < -0.3 is 5.11 Å². The Morgan fingerprint density at radius 1 is 1.56 bits per heavy atom. The molecule has 0 heterocycles. The van der Waals surface area contributed by atoms with Gasteiger partial charge >= 0.3 is 5.97 Å². The molecule has 86 valence electrons. The predicted molar refractivity (Wildman–Crippen MR) is 65.6 cm³/mol. The van der Waals surface area contributed by atoms with Crippen molar-refractivity contribution in [1.29, 1.82) is 0 Å². The van der Waals surface area contributed by atoms with Crippen LogP contribution in [0, 0.1) is 0 Å². The summed E-state index contributed by atoms with van der Waals surface area (Å²) in [5.74, 6) is -0.777. The van der Waals surface area contributed by atoms with Crippen LogP contribution in [0.1, 0.15) is 18.4 Å². The second-order valence-corrected chi connectivity index (χ2v) is 5.30. The molecule has 2 rings (SSSR count). The first kappa shape index (κ1) is 11.9. The maximum Gasteiger partial charge on any atom is 0.323 e. The maximum absolute atomic E-state index is 10.9. The summed E-state index contributed by atoms with van der Waals surface area (Å²) >= 11 is 9.36. The van der Waals surface area contributed by atoms with Gasteiger partial charge in [-0.25, -0.2) is 0 Å². The van der Waals surface area contributed by atoms with Crippen molar-refractivity contribution in [2.75, 3.05) is 0 Å². The van der Waals surface area contributed by atoms with E-state index in [0.717, 1.165) is 10.0 Å². The van der Waals surface area contributed by atoms with Crippen molar-refractivity contribution in [1.82, 2.24) is 5.32 Å². The molecular weight excluding hydrogens is 293 g/mol. The molecule has 16 heavy (non-hydrogen) atoms. The Kier molecular flexibility index (Phi) is 3.24. The molecule has 0 unspecified atom stereocenters. The van der Waals surface area contributed by atoms with Gasteiger partial charge in [0.15, 0.2) is 0 Å². The van der Waals surface area contributed by atoms with Gasteiger partial charge in [-0.05, 0) is 30.5 Å². The molecule has 1 aromatic carbocycles. The standard InChI is InChI=1S/C11H11BrClNO2/c12-8-2-1-7(9(13)5-8)6-14-11(3-4-11)10(15)16/h1-2,5,14H,3-4,6H2,(H,15,16). The molecule has 3 nitrogen and oxygen atoms in total. The summed E-state index contributed by atoms with van der Waals surface area (Å²) in [4.78, 5) is 10.9. The van der Waals surface area contributed by atoms with Crippen LogP contribution in [0.4, 0.5) is 0 Å². The van der Waals surface area contributed by atoms with E-state index >= 15 is 0 Å². The zero-order valence-electron chi connectivity index (χ0n) is 8.46. The number of benzene rings is 1. The lowest BCUT2D eigenvalue weighted by molar-refractivity contribution is -0.140. The molecule has 0 radical (unpaired) electrons. The van der Waals surface area contributed by atoms with Crippen LogP contribution in [0.2, 0.25) is 5.02 Å². The minimum absolute atomic E-state index is 0.485. The van der Waals surface area contributed by atoms with Gasteiger partial charge in [-0.1, -0.05) is 33.6 Å². The fraction of sp³-hybridized carbons (Fsp3) is 0.364.